The van der Waals surface area contributed by atoms with E-state index in [-0.39, 0.29) is 11.3 Å². The number of unbranched alkanes of at least 4 members (excludes halogenated alkanes) is 13. The second kappa shape index (κ2) is 19.0. The summed E-state index contributed by atoms with van der Waals surface area (Å²) >= 11 is 0. The number of carboxylic acid groups (broad SMARTS) is 1. The number of aromatic carboxylic acids is 1. The van der Waals surface area contributed by atoms with Crippen molar-refractivity contribution in [1.29, 1.82) is 0 Å². The Morgan fingerprint density at radius 3 is 1.67 bits per heavy atom. The van der Waals surface area contributed by atoms with E-state index >= 15 is 0 Å². The number of phenols is 1. The van der Waals surface area contributed by atoms with Gasteiger partial charge >= 0.3 is 5.97 Å². The van der Waals surface area contributed by atoms with Crippen molar-refractivity contribution in [2.24, 2.45) is 0 Å². The Labute approximate surface area is 166 Å². The number of carbonyl (C=O) groups is 1. The lowest BCUT2D eigenvalue weighted by molar-refractivity contribution is 0.0693. The molecule has 0 radical (unpaired) electrons. The molecular formula is C24H40O3. The predicted octanol–water partition coefficient (Wildman–Crippen LogP) is 7.74. The van der Waals surface area contributed by atoms with Crippen LogP contribution in [0.1, 0.15) is 107 Å². The molecule has 27 heavy (non-hydrogen) atoms. The van der Waals surface area contributed by atoms with Crippen molar-refractivity contribution < 1.29 is 15.0 Å². The Kier molecular flexibility index (Phi) is 17.8. The lowest BCUT2D eigenvalue weighted by Gasteiger charge is -2.02. The second-order valence-electron chi connectivity index (χ2n) is 7.14. The highest BCUT2D eigenvalue weighted by atomic mass is 16.4. The molecule has 0 atom stereocenters. The highest BCUT2D eigenvalue weighted by Crippen LogP contribution is 2.14. The van der Waals surface area contributed by atoms with Crippen LogP contribution in [0.2, 0.25) is 0 Å². The maximum atomic E-state index is 10.3. The van der Waals surface area contributed by atoms with Crippen LogP contribution >= 0.6 is 0 Å². The van der Waals surface area contributed by atoms with Crippen molar-refractivity contribution in [1.82, 2.24) is 0 Å². The van der Waals surface area contributed by atoms with Crippen LogP contribution in [0.3, 0.4) is 0 Å². The Hall–Kier alpha value is -1.77. The third-order valence-electron chi connectivity index (χ3n) is 4.65. The summed E-state index contributed by atoms with van der Waals surface area (Å²) in [6.45, 7) is 6.04. The minimum Gasteiger partial charge on any atom is -0.507 e. The van der Waals surface area contributed by atoms with E-state index in [0.29, 0.717) is 0 Å². The fraction of sp³-hybridized carbons (Fsp3) is 0.625. The lowest BCUT2D eigenvalue weighted by atomic mass is 10.0. The first-order valence-electron chi connectivity index (χ1n) is 10.8. The highest BCUT2D eigenvalue weighted by molar-refractivity contribution is 5.90. The minimum absolute atomic E-state index is 0.0671. The molecule has 0 bridgehead atoms. The summed E-state index contributed by atoms with van der Waals surface area (Å²) in [6, 6.07) is 5.81. The van der Waals surface area contributed by atoms with Gasteiger partial charge in [0.1, 0.15) is 11.3 Å². The monoisotopic (exact) mass is 376 g/mol. The Morgan fingerprint density at radius 2 is 1.30 bits per heavy atom. The number of hydrogen-bond donors (Lipinski definition) is 2. The molecule has 0 fully saturated rings. The van der Waals surface area contributed by atoms with E-state index in [9.17, 15) is 4.79 Å². The summed E-state index contributed by atoms with van der Waals surface area (Å²) in [7, 11) is 0. The van der Waals surface area contributed by atoms with E-state index in [4.69, 9.17) is 10.2 Å². The average molecular weight is 377 g/mol. The van der Waals surface area contributed by atoms with Crippen molar-refractivity contribution in [2.45, 2.75) is 96.8 Å². The van der Waals surface area contributed by atoms with Crippen LogP contribution in [0, 0.1) is 0 Å². The van der Waals surface area contributed by atoms with Crippen molar-refractivity contribution in [2.75, 3.05) is 0 Å². The van der Waals surface area contributed by atoms with Gasteiger partial charge in [-0.3, -0.25) is 0 Å². The van der Waals surface area contributed by atoms with Gasteiger partial charge in [0.05, 0.1) is 0 Å². The zero-order valence-electron chi connectivity index (χ0n) is 17.3. The molecule has 0 spiro atoms. The minimum atomic E-state index is -1.11. The molecule has 0 heterocycles. The van der Waals surface area contributed by atoms with Gasteiger partial charge in [-0.15, -0.1) is 6.58 Å². The van der Waals surface area contributed by atoms with Crippen molar-refractivity contribution in [3.05, 3.63) is 42.5 Å². The molecule has 0 aliphatic rings. The summed E-state index contributed by atoms with van der Waals surface area (Å²) in [5.41, 5.74) is -0.0671. The van der Waals surface area contributed by atoms with Gasteiger partial charge in [-0.25, -0.2) is 4.79 Å². The van der Waals surface area contributed by atoms with E-state index in [1.54, 1.807) is 12.1 Å². The quantitative estimate of drug-likeness (QED) is 0.243. The zero-order chi connectivity index (χ0) is 20.2. The predicted molar refractivity (Wildman–Crippen MR) is 116 cm³/mol. The van der Waals surface area contributed by atoms with Crippen molar-refractivity contribution in [3.63, 3.8) is 0 Å². The largest absolute Gasteiger partial charge is 0.507 e. The van der Waals surface area contributed by atoms with Gasteiger partial charge in [0.2, 0.25) is 0 Å². The number of allylic oxidation sites excluding steroid dienone is 1. The standard InChI is InChI=1S/C17H34.C7H6O3/c1-3-5-7-9-11-13-15-17-16-14-12-10-8-6-4-2;8-6-4-2-1-3-5(6)7(9)10/h3H,1,4-17H2,2H3;1-4,8H,(H,9,10). The molecule has 0 saturated carbocycles. The maximum absolute atomic E-state index is 10.3. The van der Waals surface area contributed by atoms with Gasteiger partial charge < -0.3 is 10.2 Å². The van der Waals surface area contributed by atoms with Crippen LogP contribution in [-0.2, 0) is 0 Å². The third-order valence-corrected chi connectivity index (χ3v) is 4.65. The first-order chi connectivity index (χ1) is 13.1. The molecule has 3 heteroatoms. The molecule has 0 amide bonds. The normalized spacial score (nSPS) is 10.1. The summed E-state index contributed by atoms with van der Waals surface area (Å²) in [6.07, 6.45) is 22.0. The van der Waals surface area contributed by atoms with Crippen LogP contribution in [0.25, 0.3) is 0 Å². The fourth-order valence-electron chi connectivity index (χ4n) is 2.96. The summed E-state index contributed by atoms with van der Waals surface area (Å²) in [5.74, 6) is -1.31. The summed E-state index contributed by atoms with van der Waals surface area (Å²) < 4.78 is 0. The number of aromatic hydroxyl groups is 1. The van der Waals surface area contributed by atoms with Crippen LogP contribution < -0.4 is 0 Å². The lowest BCUT2D eigenvalue weighted by Crippen LogP contribution is -1.95. The average Bonchev–Trinajstić information content (AvgIpc) is 2.66. The molecule has 3 nitrogen and oxygen atoms in total. The molecule has 0 aliphatic carbocycles. The van der Waals surface area contributed by atoms with Crippen molar-refractivity contribution >= 4 is 5.97 Å². The van der Waals surface area contributed by atoms with E-state index in [1.807, 2.05) is 6.08 Å². The highest BCUT2D eigenvalue weighted by Gasteiger charge is 2.05. The molecule has 1 rings (SSSR count). The molecule has 2 N–H and O–H groups in total. The van der Waals surface area contributed by atoms with E-state index < -0.39 is 5.97 Å². The van der Waals surface area contributed by atoms with Crippen molar-refractivity contribution in [3.8, 4) is 5.75 Å². The topological polar surface area (TPSA) is 57.5 Å². The molecule has 0 unspecified atom stereocenters. The van der Waals surface area contributed by atoms with Gasteiger partial charge in [-0.2, -0.15) is 0 Å². The first kappa shape index (κ1) is 25.2. The molecule has 1 aromatic carbocycles. The van der Waals surface area contributed by atoms with Crippen LogP contribution in [0.5, 0.6) is 5.75 Å². The second-order valence-corrected chi connectivity index (χ2v) is 7.14. The smallest absolute Gasteiger partial charge is 0.339 e. The number of para-hydroxylation sites is 1. The molecule has 0 saturated heterocycles. The van der Waals surface area contributed by atoms with Gasteiger partial charge in [-0.05, 0) is 25.0 Å². The summed E-state index contributed by atoms with van der Waals surface area (Å²) in [4.78, 5) is 10.3. The molecule has 0 aromatic heterocycles. The summed E-state index contributed by atoms with van der Waals surface area (Å²) in [5, 5.41) is 17.3. The fourth-order valence-corrected chi connectivity index (χ4v) is 2.96. The van der Waals surface area contributed by atoms with E-state index in [2.05, 4.69) is 13.5 Å². The van der Waals surface area contributed by atoms with Gasteiger partial charge in [0, 0.05) is 0 Å². The number of rotatable bonds is 15. The van der Waals surface area contributed by atoms with Gasteiger partial charge in [-0.1, -0.05) is 102 Å². The van der Waals surface area contributed by atoms with Gasteiger partial charge in [0.25, 0.3) is 0 Å². The number of hydrogen-bond acceptors (Lipinski definition) is 2. The Balaban J connectivity index is 0.000000569. The van der Waals surface area contributed by atoms with Crippen LogP contribution in [0.4, 0.5) is 0 Å². The van der Waals surface area contributed by atoms with Crippen LogP contribution in [0.15, 0.2) is 36.9 Å². The van der Waals surface area contributed by atoms with E-state index in [0.717, 1.165) is 0 Å². The van der Waals surface area contributed by atoms with Crippen LogP contribution in [-0.4, -0.2) is 16.2 Å². The SMILES string of the molecule is C=CCCCCCCCCCCCCCCC.O=C(O)c1ccccc1O. The number of benzene rings is 1. The Bertz CT molecular complexity index is 482. The Morgan fingerprint density at radius 1 is 0.852 bits per heavy atom. The molecule has 0 aliphatic heterocycles. The maximum Gasteiger partial charge on any atom is 0.339 e. The number of carboxylic acids is 1. The molecular weight excluding hydrogens is 336 g/mol. The molecule has 154 valence electrons. The third kappa shape index (κ3) is 16.1. The molecule has 1 aromatic rings. The van der Waals surface area contributed by atoms with E-state index in [1.165, 1.54) is 102 Å². The zero-order valence-corrected chi connectivity index (χ0v) is 17.3. The van der Waals surface area contributed by atoms with Gasteiger partial charge in [0.15, 0.2) is 0 Å². The first-order valence-corrected chi connectivity index (χ1v) is 10.8.